The normalized spacial score (nSPS) is 25.6. The Hall–Kier alpha value is -1.51. The third kappa shape index (κ3) is 2.60. The van der Waals surface area contributed by atoms with E-state index in [9.17, 15) is 4.79 Å². The molecule has 3 nitrogen and oxygen atoms in total. The average Bonchev–Trinajstić information content (AvgIpc) is 3.01. The van der Waals surface area contributed by atoms with Crippen LogP contribution in [0, 0.1) is 11.8 Å². The van der Waals surface area contributed by atoms with Gasteiger partial charge in [-0.25, -0.2) is 0 Å². The Morgan fingerprint density at radius 3 is 2.53 bits per heavy atom. The highest BCUT2D eigenvalue weighted by molar-refractivity contribution is 5.76. The van der Waals surface area contributed by atoms with Gasteiger partial charge in [-0.05, 0) is 43.2 Å². The summed E-state index contributed by atoms with van der Waals surface area (Å²) in [5.41, 5.74) is 1.24. The molecule has 2 heterocycles. The van der Waals surface area contributed by atoms with Crippen molar-refractivity contribution in [2.24, 2.45) is 18.9 Å². The van der Waals surface area contributed by atoms with Crippen LogP contribution in [0.25, 0.3) is 0 Å². The van der Waals surface area contributed by atoms with Crippen LogP contribution in [-0.4, -0.2) is 28.5 Å². The molecule has 1 aromatic rings. The van der Waals surface area contributed by atoms with E-state index in [4.69, 9.17) is 0 Å². The van der Waals surface area contributed by atoms with Crippen LogP contribution in [0.4, 0.5) is 0 Å². The molecule has 0 spiro atoms. The number of carbonyl (C=O) groups excluding carboxylic acids is 1. The van der Waals surface area contributed by atoms with E-state index in [0.717, 1.165) is 32.4 Å². The molecule has 1 aliphatic heterocycles. The Morgan fingerprint density at radius 2 is 1.95 bits per heavy atom. The number of likely N-dealkylation sites (tertiary alicyclic amines) is 1. The van der Waals surface area contributed by atoms with Gasteiger partial charge in [-0.1, -0.05) is 12.2 Å². The number of nitrogens with zero attached hydrogens (tertiary/aromatic N) is 2. The van der Waals surface area contributed by atoms with Crippen LogP contribution >= 0.6 is 0 Å². The third-order valence-electron chi connectivity index (χ3n) is 4.62. The van der Waals surface area contributed by atoms with Gasteiger partial charge in [0.15, 0.2) is 0 Å². The maximum absolute atomic E-state index is 12.3. The first-order valence-electron chi connectivity index (χ1n) is 7.27. The second-order valence-electron chi connectivity index (χ2n) is 5.87. The van der Waals surface area contributed by atoms with Crippen molar-refractivity contribution in [2.45, 2.75) is 25.7 Å². The lowest BCUT2D eigenvalue weighted by Crippen LogP contribution is -2.29. The number of amides is 1. The summed E-state index contributed by atoms with van der Waals surface area (Å²) in [6.45, 7) is 1.95. The first-order chi connectivity index (χ1) is 9.24. The zero-order valence-corrected chi connectivity index (χ0v) is 11.6. The molecule has 1 saturated heterocycles. The molecule has 0 N–H and O–H groups in total. The second kappa shape index (κ2) is 5.24. The number of aromatic nitrogens is 1. The van der Waals surface area contributed by atoms with Crippen LogP contribution in [0.2, 0.25) is 0 Å². The molecular weight excluding hydrogens is 236 g/mol. The lowest BCUT2D eigenvalue weighted by atomic mass is 9.86. The number of allylic oxidation sites excluding steroid dienone is 2. The number of aryl methyl sites for hydroxylation is 2. The maximum atomic E-state index is 12.3. The minimum Gasteiger partial charge on any atom is -0.354 e. The Labute approximate surface area is 114 Å². The molecule has 0 bridgehead atoms. The molecule has 2 atom stereocenters. The van der Waals surface area contributed by atoms with Gasteiger partial charge in [0.2, 0.25) is 5.91 Å². The van der Waals surface area contributed by atoms with Crippen molar-refractivity contribution in [1.29, 1.82) is 0 Å². The predicted octanol–water partition coefficient (Wildman–Crippen LogP) is 2.38. The van der Waals surface area contributed by atoms with Crippen LogP contribution < -0.4 is 0 Å². The molecule has 0 saturated carbocycles. The summed E-state index contributed by atoms with van der Waals surface area (Å²) in [4.78, 5) is 14.4. The van der Waals surface area contributed by atoms with Gasteiger partial charge < -0.3 is 9.47 Å². The van der Waals surface area contributed by atoms with Crippen molar-refractivity contribution in [3.05, 3.63) is 36.2 Å². The van der Waals surface area contributed by atoms with Gasteiger partial charge in [-0.3, -0.25) is 4.79 Å². The summed E-state index contributed by atoms with van der Waals surface area (Å²) in [6.07, 6.45) is 10.4. The number of hydrogen-bond donors (Lipinski definition) is 0. The van der Waals surface area contributed by atoms with Gasteiger partial charge in [-0.2, -0.15) is 0 Å². The van der Waals surface area contributed by atoms with E-state index in [1.807, 2.05) is 19.3 Å². The van der Waals surface area contributed by atoms with E-state index in [-0.39, 0.29) is 0 Å². The highest BCUT2D eigenvalue weighted by atomic mass is 16.2. The van der Waals surface area contributed by atoms with Crippen molar-refractivity contribution < 1.29 is 4.79 Å². The largest absolute Gasteiger partial charge is 0.354 e. The predicted molar refractivity (Wildman–Crippen MR) is 75.7 cm³/mol. The van der Waals surface area contributed by atoms with Crippen molar-refractivity contribution in [2.75, 3.05) is 13.1 Å². The smallest absolute Gasteiger partial charge is 0.222 e. The van der Waals surface area contributed by atoms with Crippen molar-refractivity contribution in [1.82, 2.24) is 9.47 Å². The van der Waals surface area contributed by atoms with Gasteiger partial charge in [0, 0.05) is 38.4 Å². The molecule has 102 valence electrons. The Kier molecular flexibility index (Phi) is 3.45. The number of carbonyl (C=O) groups is 1. The summed E-state index contributed by atoms with van der Waals surface area (Å²) >= 11 is 0. The molecule has 1 aliphatic carbocycles. The average molecular weight is 258 g/mol. The molecule has 0 unspecified atom stereocenters. The minimum atomic E-state index is 0.329. The van der Waals surface area contributed by atoms with Gasteiger partial charge >= 0.3 is 0 Å². The topological polar surface area (TPSA) is 25.2 Å². The van der Waals surface area contributed by atoms with Crippen molar-refractivity contribution in [3.8, 4) is 0 Å². The van der Waals surface area contributed by atoms with Crippen LogP contribution in [0.15, 0.2) is 30.5 Å². The van der Waals surface area contributed by atoms with Crippen molar-refractivity contribution >= 4 is 5.91 Å². The number of fused-ring (bicyclic) bond motifs is 1. The Balaban J connectivity index is 1.53. The Morgan fingerprint density at radius 1 is 1.26 bits per heavy atom. The van der Waals surface area contributed by atoms with Gasteiger partial charge in [0.25, 0.3) is 0 Å². The first-order valence-corrected chi connectivity index (χ1v) is 7.27. The third-order valence-corrected chi connectivity index (χ3v) is 4.62. The first kappa shape index (κ1) is 12.5. The van der Waals surface area contributed by atoms with Crippen LogP contribution in [0.1, 0.15) is 25.0 Å². The molecular formula is C16H22N2O. The molecule has 19 heavy (non-hydrogen) atoms. The fourth-order valence-corrected chi connectivity index (χ4v) is 3.37. The Bertz CT molecular complexity index is 473. The summed E-state index contributed by atoms with van der Waals surface area (Å²) < 4.78 is 2.10. The lowest BCUT2D eigenvalue weighted by Gasteiger charge is -2.17. The SMILES string of the molecule is Cn1cccc1CCC(=O)N1C[C@H]2CC=CC[C@H]2C1. The van der Waals surface area contributed by atoms with Gasteiger partial charge in [0.05, 0.1) is 0 Å². The highest BCUT2D eigenvalue weighted by Crippen LogP contribution is 2.33. The van der Waals surface area contributed by atoms with E-state index >= 15 is 0 Å². The van der Waals surface area contributed by atoms with E-state index < -0.39 is 0 Å². The summed E-state index contributed by atoms with van der Waals surface area (Å²) in [7, 11) is 2.04. The van der Waals surface area contributed by atoms with Crippen LogP contribution in [0.5, 0.6) is 0 Å². The fraction of sp³-hybridized carbons (Fsp3) is 0.562. The molecule has 0 aromatic carbocycles. The van der Waals surface area contributed by atoms with E-state index in [1.54, 1.807) is 0 Å². The van der Waals surface area contributed by atoms with Crippen molar-refractivity contribution in [3.63, 3.8) is 0 Å². The van der Waals surface area contributed by atoms with E-state index in [0.29, 0.717) is 24.2 Å². The molecule has 1 amide bonds. The molecule has 2 aliphatic rings. The van der Waals surface area contributed by atoms with E-state index in [1.165, 1.54) is 5.69 Å². The molecule has 0 radical (unpaired) electrons. The van der Waals surface area contributed by atoms with E-state index in [2.05, 4.69) is 27.7 Å². The molecule has 1 aromatic heterocycles. The number of rotatable bonds is 3. The quantitative estimate of drug-likeness (QED) is 0.764. The summed E-state index contributed by atoms with van der Waals surface area (Å²) in [5, 5.41) is 0. The van der Waals surface area contributed by atoms with Crippen LogP contribution in [0.3, 0.4) is 0 Å². The zero-order chi connectivity index (χ0) is 13.2. The molecule has 1 fully saturated rings. The second-order valence-corrected chi connectivity index (χ2v) is 5.87. The number of hydrogen-bond acceptors (Lipinski definition) is 1. The summed E-state index contributed by atoms with van der Waals surface area (Å²) in [5.74, 6) is 1.75. The fourth-order valence-electron chi connectivity index (χ4n) is 3.37. The maximum Gasteiger partial charge on any atom is 0.222 e. The zero-order valence-electron chi connectivity index (χ0n) is 11.6. The minimum absolute atomic E-state index is 0.329. The highest BCUT2D eigenvalue weighted by Gasteiger charge is 2.34. The van der Waals surface area contributed by atoms with Crippen LogP contribution in [-0.2, 0) is 18.3 Å². The molecule has 3 rings (SSSR count). The monoisotopic (exact) mass is 258 g/mol. The summed E-state index contributed by atoms with van der Waals surface area (Å²) in [6, 6.07) is 4.14. The standard InChI is InChI=1S/C16H22N2O/c1-17-10-4-7-15(17)8-9-16(19)18-11-13-5-2-3-6-14(13)12-18/h2-4,7,10,13-14H,5-6,8-9,11-12H2,1H3/t13-,14+. The molecule has 3 heteroatoms. The lowest BCUT2D eigenvalue weighted by molar-refractivity contribution is -0.130. The van der Waals surface area contributed by atoms with Gasteiger partial charge in [0.1, 0.15) is 0 Å². The van der Waals surface area contributed by atoms with Gasteiger partial charge in [-0.15, -0.1) is 0 Å².